The Balaban J connectivity index is 1.92. The van der Waals surface area contributed by atoms with E-state index in [4.69, 9.17) is 21.7 Å². The van der Waals surface area contributed by atoms with Gasteiger partial charge in [0.1, 0.15) is 0 Å². The van der Waals surface area contributed by atoms with Crippen molar-refractivity contribution in [1.29, 1.82) is 0 Å². The Morgan fingerprint density at radius 1 is 1.29 bits per heavy atom. The van der Waals surface area contributed by atoms with Gasteiger partial charge in [-0.3, -0.25) is 9.69 Å². The van der Waals surface area contributed by atoms with Gasteiger partial charge in [-0.15, -0.1) is 0 Å². The second-order valence-electron chi connectivity index (χ2n) is 6.22. The lowest BCUT2D eigenvalue weighted by Gasteiger charge is -2.17. The molecule has 28 heavy (non-hydrogen) atoms. The number of carbonyl (C=O) groups is 1. The Kier molecular flexibility index (Phi) is 6.80. The standard InChI is InChI=1S/C21H20BrNO3S2/c1-4-13(2)26-19-16(22)10-14(11-17(19)25-3)12-18-20(24)23(21(27)28-18)15-8-6-5-7-9-15/h5-13H,4H2,1-3H3/b18-12+/t13-/m0/s1. The van der Waals surface area contributed by atoms with Gasteiger partial charge in [-0.1, -0.05) is 49.1 Å². The molecule has 146 valence electrons. The van der Waals surface area contributed by atoms with Gasteiger partial charge in [0.15, 0.2) is 15.8 Å². The monoisotopic (exact) mass is 477 g/mol. The summed E-state index contributed by atoms with van der Waals surface area (Å²) in [5.74, 6) is 1.14. The van der Waals surface area contributed by atoms with Crippen LogP contribution < -0.4 is 14.4 Å². The average Bonchev–Trinajstić information content (AvgIpc) is 2.97. The first-order valence-electron chi connectivity index (χ1n) is 8.81. The smallest absolute Gasteiger partial charge is 0.270 e. The van der Waals surface area contributed by atoms with Gasteiger partial charge < -0.3 is 9.47 Å². The van der Waals surface area contributed by atoms with Crippen molar-refractivity contribution >= 4 is 61.9 Å². The van der Waals surface area contributed by atoms with E-state index in [1.54, 1.807) is 12.0 Å². The molecule has 1 atom stereocenters. The quantitative estimate of drug-likeness (QED) is 0.374. The van der Waals surface area contributed by atoms with E-state index in [0.717, 1.165) is 22.1 Å². The summed E-state index contributed by atoms with van der Waals surface area (Å²) in [7, 11) is 1.60. The molecule has 1 amide bonds. The number of hydrogen-bond acceptors (Lipinski definition) is 5. The maximum absolute atomic E-state index is 12.9. The first-order valence-corrected chi connectivity index (χ1v) is 10.8. The Morgan fingerprint density at radius 3 is 2.64 bits per heavy atom. The van der Waals surface area contributed by atoms with Crippen molar-refractivity contribution in [2.45, 2.75) is 26.4 Å². The van der Waals surface area contributed by atoms with Crippen LogP contribution in [0.25, 0.3) is 6.08 Å². The Morgan fingerprint density at radius 2 is 2.00 bits per heavy atom. The normalized spacial score (nSPS) is 16.6. The molecule has 1 fully saturated rings. The van der Waals surface area contributed by atoms with Crippen LogP contribution in [0.2, 0.25) is 0 Å². The fourth-order valence-corrected chi connectivity index (χ4v) is 4.49. The molecule has 0 radical (unpaired) electrons. The largest absolute Gasteiger partial charge is 0.493 e. The minimum Gasteiger partial charge on any atom is -0.493 e. The summed E-state index contributed by atoms with van der Waals surface area (Å²) < 4.78 is 12.8. The van der Waals surface area contributed by atoms with Crippen LogP contribution in [0, 0.1) is 0 Å². The number of carbonyl (C=O) groups excluding carboxylic acids is 1. The van der Waals surface area contributed by atoms with E-state index >= 15 is 0 Å². The molecular weight excluding hydrogens is 458 g/mol. The van der Waals surface area contributed by atoms with Crippen molar-refractivity contribution in [3.05, 3.63) is 57.4 Å². The van der Waals surface area contributed by atoms with Crippen LogP contribution in [0.3, 0.4) is 0 Å². The van der Waals surface area contributed by atoms with Crippen molar-refractivity contribution in [2.75, 3.05) is 12.0 Å². The molecule has 7 heteroatoms. The molecule has 3 rings (SSSR count). The summed E-state index contributed by atoms with van der Waals surface area (Å²) >= 11 is 10.3. The number of nitrogens with zero attached hydrogens (tertiary/aromatic N) is 1. The first kappa shape index (κ1) is 20.9. The minimum atomic E-state index is -0.128. The molecule has 0 spiro atoms. The third kappa shape index (κ3) is 4.42. The molecule has 4 nitrogen and oxygen atoms in total. The third-order valence-electron chi connectivity index (χ3n) is 4.25. The molecule has 0 aliphatic carbocycles. The highest BCUT2D eigenvalue weighted by molar-refractivity contribution is 9.10. The zero-order chi connectivity index (χ0) is 20.3. The van der Waals surface area contributed by atoms with E-state index in [9.17, 15) is 4.79 Å². The zero-order valence-corrected chi connectivity index (χ0v) is 19.0. The van der Waals surface area contributed by atoms with Crippen LogP contribution >= 0.6 is 39.9 Å². The SMILES string of the molecule is CC[C@H](C)Oc1c(Br)cc(/C=C2/SC(=S)N(c3ccccc3)C2=O)cc1OC. The van der Waals surface area contributed by atoms with E-state index in [0.29, 0.717) is 20.7 Å². The number of halogens is 1. The second-order valence-corrected chi connectivity index (χ2v) is 8.75. The molecule has 0 saturated carbocycles. The summed E-state index contributed by atoms with van der Waals surface area (Å²) in [4.78, 5) is 15.0. The lowest BCUT2D eigenvalue weighted by Crippen LogP contribution is -2.27. The molecule has 0 N–H and O–H groups in total. The molecule has 0 bridgehead atoms. The topological polar surface area (TPSA) is 38.8 Å². The first-order chi connectivity index (χ1) is 13.4. The average molecular weight is 478 g/mol. The number of rotatable bonds is 6. The molecule has 0 unspecified atom stereocenters. The number of thiocarbonyl (C=S) groups is 1. The predicted molar refractivity (Wildman–Crippen MR) is 123 cm³/mol. The summed E-state index contributed by atoms with van der Waals surface area (Å²) in [6.45, 7) is 4.07. The molecule has 1 aliphatic rings. The van der Waals surface area contributed by atoms with Crippen molar-refractivity contribution < 1.29 is 14.3 Å². The number of methoxy groups -OCH3 is 1. The fraction of sp³-hybridized carbons (Fsp3) is 0.238. The van der Waals surface area contributed by atoms with E-state index in [-0.39, 0.29) is 12.0 Å². The number of benzene rings is 2. The van der Waals surface area contributed by atoms with E-state index in [1.165, 1.54) is 11.8 Å². The maximum Gasteiger partial charge on any atom is 0.270 e. The second kappa shape index (κ2) is 9.11. The van der Waals surface area contributed by atoms with Gasteiger partial charge in [-0.2, -0.15) is 0 Å². The maximum atomic E-state index is 12.9. The number of para-hydroxylation sites is 1. The van der Waals surface area contributed by atoms with Gasteiger partial charge in [-0.25, -0.2) is 0 Å². The number of hydrogen-bond donors (Lipinski definition) is 0. The number of ether oxygens (including phenoxy) is 2. The summed E-state index contributed by atoms with van der Waals surface area (Å²) in [5, 5.41) is 0. The highest BCUT2D eigenvalue weighted by atomic mass is 79.9. The van der Waals surface area contributed by atoms with E-state index in [1.807, 2.05) is 55.5 Å². The van der Waals surface area contributed by atoms with Gasteiger partial charge in [0.05, 0.1) is 28.3 Å². The fourth-order valence-electron chi connectivity index (χ4n) is 2.64. The van der Waals surface area contributed by atoms with Crippen LogP contribution in [0.1, 0.15) is 25.8 Å². The molecule has 2 aromatic carbocycles. The summed E-state index contributed by atoms with van der Waals surface area (Å²) in [6.07, 6.45) is 2.78. The van der Waals surface area contributed by atoms with Gasteiger partial charge >= 0.3 is 0 Å². The number of amides is 1. The van der Waals surface area contributed by atoms with Gasteiger partial charge in [0.2, 0.25) is 0 Å². The number of thioether (sulfide) groups is 1. The molecule has 2 aromatic rings. The summed E-state index contributed by atoms with van der Waals surface area (Å²) in [5.41, 5.74) is 1.60. The third-order valence-corrected chi connectivity index (χ3v) is 6.14. The lowest BCUT2D eigenvalue weighted by molar-refractivity contribution is -0.113. The molecule has 1 aliphatic heterocycles. The van der Waals surface area contributed by atoms with E-state index < -0.39 is 0 Å². The Labute approximate surface area is 183 Å². The van der Waals surface area contributed by atoms with Crippen LogP contribution in [0.5, 0.6) is 11.5 Å². The Hall–Kier alpha value is -1.83. The summed E-state index contributed by atoms with van der Waals surface area (Å²) in [6, 6.07) is 13.2. The lowest BCUT2D eigenvalue weighted by atomic mass is 10.1. The van der Waals surface area contributed by atoms with Crippen molar-refractivity contribution in [2.24, 2.45) is 0 Å². The molecule has 1 heterocycles. The highest BCUT2D eigenvalue weighted by Crippen LogP contribution is 2.40. The van der Waals surface area contributed by atoms with Crippen LogP contribution in [0.15, 0.2) is 51.8 Å². The number of anilines is 1. The van der Waals surface area contributed by atoms with Crippen LogP contribution in [-0.2, 0) is 4.79 Å². The van der Waals surface area contributed by atoms with Crippen molar-refractivity contribution in [1.82, 2.24) is 0 Å². The Bertz CT molecular complexity index is 931. The van der Waals surface area contributed by atoms with Crippen LogP contribution in [0.4, 0.5) is 5.69 Å². The minimum absolute atomic E-state index is 0.0678. The predicted octanol–water partition coefficient (Wildman–Crippen LogP) is 6.04. The molecular formula is C21H20BrNO3S2. The van der Waals surface area contributed by atoms with E-state index in [2.05, 4.69) is 22.9 Å². The van der Waals surface area contributed by atoms with Gasteiger partial charge in [0.25, 0.3) is 5.91 Å². The zero-order valence-electron chi connectivity index (χ0n) is 15.8. The van der Waals surface area contributed by atoms with Gasteiger partial charge in [-0.05, 0) is 65.2 Å². The highest BCUT2D eigenvalue weighted by Gasteiger charge is 2.33. The molecule has 0 aromatic heterocycles. The van der Waals surface area contributed by atoms with Crippen molar-refractivity contribution in [3.8, 4) is 11.5 Å². The van der Waals surface area contributed by atoms with Crippen LogP contribution in [-0.4, -0.2) is 23.4 Å². The molecule has 1 saturated heterocycles. The van der Waals surface area contributed by atoms with Gasteiger partial charge in [0, 0.05) is 0 Å². The van der Waals surface area contributed by atoms with Crippen molar-refractivity contribution in [3.63, 3.8) is 0 Å².